The fourth-order valence-electron chi connectivity index (χ4n) is 2.72. The maximum Gasteiger partial charge on any atom is 0.185 e. The topological polar surface area (TPSA) is 66.8 Å². The molecule has 2 aromatic carbocycles. The van der Waals surface area contributed by atoms with Gasteiger partial charge in [-0.1, -0.05) is 13.8 Å². The minimum Gasteiger partial charge on any atom is -0.508 e. The number of aryl methyl sites for hydroxylation is 1. The third kappa shape index (κ3) is 4.21. The number of hydrogen-bond donors (Lipinski definition) is 2. The van der Waals surface area contributed by atoms with Gasteiger partial charge in [0.2, 0.25) is 0 Å². The monoisotopic (exact) mass is 340 g/mol. The summed E-state index contributed by atoms with van der Waals surface area (Å²) in [6.45, 7) is 6.31. The first-order valence-electron chi connectivity index (χ1n) is 8.53. The van der Waals surface area contributed by atoms with Gasteiger partial charge in [-0.2, -0.15) is 0 Å². The van der Waals surface area contributed by atoms with E-state index in [1.807, 2.05) is 26.8 Å². The van der Waals surface area contributed by atoms with Gasteiger partial charge in [-0.25, -0.2) is 0 Å². The lowest BCUT2D eigenvalue weighted by atomic mass is 9.98. The molecule has 2 N–H and O–H groups in total. The fourth-order valence-corrected chi connectivity index (χ4v) is 2.72. The standard InChI is InChI=1S/C21H24O4/c1-4-14-13-16(21(25-6-3)18(5-2)20(14)24)9-12-19(23)15-7-10-17(22)11-8-15/h7-13,22,24H,4-6H2,1-3H3. The number of benzene rings is 2. The van der Waals surface area contributed by atoms with Gasteiger partial charge in [-0.3, -0.25) is 4.79 Å². The van der Waals surface area contributed by atoms with E-state index in [-0.39, 0.29) is 17.3 Å². The van der Waals surface area contributed by atoms with Crippen molar-refractivity contribution in [2.45, 2.75) is 33.6 Å². The van der Waals surface area contributed by atoms with Gasteiger partial charge in [0, 0.05) is 16.7 Å². The van der Waals surface area contributed by atoms with Gasteiger partial charge in [-0.05, 0) is 67.8 Å². The van der Waals surface area contributed by atoms with Crippen LogP contribution in [0.1, 0.15) is 47.8 Å². The lowest BCUT2D eigenvalue weighted by Gasteiger charge is -2.16. The maximum absolute atomic E-state index is 12.3. The number of phenolic OH excluding ortho intramolecular Hbond substituents is 2. The summed E-state index contributed by atoms with van der Waals surface area (Å²) in [5, 5.41) is 19.7. The molecule has 0 atom stereocenters. The predicted molar refractivity (Wildman–Crippen MR) is 99.5 cm³/mol. The zero-order valence-corrected chi connectivity index (χ0v) is 14.9. The van der Waals surface area contributed by atoms with Crippen LogP contribution in [-0.4, -0.2) is 22.6 Å². The van der Waals surface area contributed by atoms with Crippen LogP contribution in [0.15, 0.2) is 36.4 Å². The molecule has 2 aromatic rings. The Morgan fingerprint density at radius 2 is 1.76 bits per heavy atom. The molecule has 0 radical (unpaired) electrons. The molecule has 2 rings (SSSR count). The number of carbonyl (C=O) groups excluding carboxylic acids is 1. The number of ether oxygens (including phenoxy) is 1. The third-order valence-electron chi connectivity index (χ3n) is 4.05. The van der Waals surface area contributed by atoms with Crippen molar-refractivity contribution in [1.82, 2.24) is 0 Å². The van der Waals surface area contributed by atoms with Crippen molar-refractivity contribution in [3.8, 4) is 17.2 Å². The summed E-state index contributed by atoms with van der Waals surface area (Å²) in [5.74, 6) is 0.856. The second-order valence-electron chi connectivity index (χ2n) is 5.67. The first-order valence-corrected chi connectivity index (χ1v) is 8.53. The second-order valence-corrected chi connectivity index (χ2v) is 5.67. The Morgan fingerprint density at radius 1 is 1.08 bits per heavy atom. The van der Waals surface area contributed by atoms with E-state index in [4.69, 9.17) is 4.74 Å². The highest BCUT2D eigenvalue weighted by molar-refractivity contribution is 6.07. The van der Waals surface area contributed by atoms with Crippen molar-refractivity contribution < 1.29 is 19.7 Å². The van der Waals surface area contributed by atoms with Crippen LogP contribution in [0.4, 0.5) is 0 Å². The predicted octanol–water partition coefficient (Wildman–Crippen LogP) is 4.52. The molecule has 0 aliphatic rings. The van der Waals surface area contributed by atoms with Crippen LogP contribution in [-0.2, 0) is 12.8 Å². The molecule has 0 spiro atoms. The Morgan fingerprint density at radius 3 is 2.32 bits per heavy atom. The van der Waals surface area contributed by atoms with E-state index in [1.54, 1.807) is 18.2 Å². The van der Waals surface area contributed by atoms with E-state index >= 15 is 0 Å². The average molecular weight is 340 g/mol. The molecule has 132 valence electrons. The highest BCUT2D eigenvalue weighted by Gasteiger charge is 2.16. The molecule has 0 bridgehead atoms. The molecule has 0 unspecified atom stereocenters. The number of rotatable bonds is 7. The van der Waals surface area contributed by atoms with E-state index in [9.17, 15) is 15.0 Å². The van der Waals surface area contributed by atoms with Crippen molar-refractivity contribution in [2.75, 3.05) is 6.61 Å². The molecule has 4 heteroatoms. The zero-order valence-electron chi connectivity index (χ0n) is 14.9. The van der Waals surface area contributed by atoms with Gasteiger partial charge in [0.15, 0.2) is 5.78 Å². The average Bonchev–Trinajstić information content (AvgIpc) is 2.62. The fraction of sp³-hybridized carbons (Fsp3) is 0.286. The molecule has 0 saturated heterocycles. The third-order valence-corrected chi connectivity index (χ3v) is 4.05. The quantitative estimate of drug-likeness (QED) is 0.574. The normalized spacial score (nSPS) is 11.0. The molecule has 0 aliphatic carbocycles. The van der Waals surface area contributed by atoms with E-state index in [0.717, 1.165) is 16.7 Å². The molecule has 0 heterocycles. The Balaban J connectivity index is 2.42. The summed E-state index contributed by atoms with van der Waals surface area (Å²) in [7, 11) is 0. The van der Waals surface area contributed by atoms with E-state index in [0.29, 0.717) is 30.8 Å². The van der Waals surface area contributed by atoms with Crippen LogP contribution in [0.5, 0.6) is 17.2 Å². The van der Waals surface area contributed by atoms with Gasteiger partial charge in [0.1, 0.15) is 17.2 Å². The molecular weight excluding hydrogens is 316 g/mol. The molecule has 0 aliphatic heterocycles. The molecule has 25 heavy (non-hydrogen) atoms. The molecule has 0 fully saturated rings. The van der Waals surface area contributed by atoms with Crippen molar-refractivity contribution in [1.29, 1.82) is 0 Å². The van der Waals surface area contributed by atoms with E-state index < -0.39 is 0 Å². The van der Waals surface area contributed by atoms with E-state index in [1.165, 1.54) is 18.2 Å². The second kappa shape index (κ2) is 8.38. The number of aromatic hydroxyl groups is 2. The molecule has 0 amide bonds. The minimum atomic E-state index is -0.161. The van der Waals surface area contributed by atoms with Gasteiger partial charge in [0.05, 0.1) is 6.61 Å². The van der Waals surface area contributed by atoms with Crippen LogP contribution in [0.2, 0.25) is 0 Å². The Bertz CT molecular complexity index is 773. The summed E-state index contributed by atoms with van der Waals surface area (Å²) in [6, 6.07) is 7.99. The highest BCUT2D eigenvalue weighted by Crippen LogP contribution is 2.36. The Hall–Kier alpha value is -2.75. The van der Waals surface area contributed by atoms with Gasteiger partial charge in [0.25, 0.3) is 0 Å². The van der Waals surface area contributed by atoms with Crippen molar-refractivity contribution in [3.05, 3.63) is 58.7 Å². The van der Waals surface area contributed by atoms with Crippen molar-refractivity contribution in [2.24, 2.45) is 0 Å². The Labute approximate surface area is 148 Å². The lowest BCUT2D eigenvalue weighted by Crippen LogP contribution is -2.02. The number of ketones is 1. The van der Waals surface area contributed by atoms with Gasteiger partial charge >= 0.3 is 0 Å². The maximum atomic E-state index is 12.3. The summed E-state index contributed by atoms with van der Waals surface area (Å²) in [4.78, 5) is 12.3. The smallest absolute Gasteiger partial charge is 0.185 e. The molecular formula is C21H24O4. The van der Waals surface area contributed by atoms with E-state index in [2.05, 4.69) is 0 Å². The molecule has 4 nitrogen and oxygen atoms in total. The zero-order chi connectivity index (χ0) is 18.4. The summed E-state index contributed by atoms with van der Waals surface area (Å²) >= 11 is 0. The van der Waals surface area contributed by atoms with Crippen LogP contribution in [0, 0.1) is 0 Å². The number of phenols is 2. The number of hydrogen-bond acceptors (Lipinski definition) is 4. The highest BCUT2D eigenvalue weighted by atomic mass is 16.5. The van der Waals surface area contributed by atoms with Crippen molar-refractivity contribution >= 4 is 11.9 Å². The summed E-state index contributed by atoms with van der Waals surface area (Å²) in [6.07, 6.45) is 4.54. The van der Waals surface area contributed by atoms with Crippen LogP contribution < -0.4 is 4.74 Å². The van der Waals surface area contributed by atoms with Crippen LogP contribution >= 0.6 is 0 Å². The minimum absolute atomic E-state index is 0.123. The number of allylic oxidation sites excluding steroid dienone is 1. The van der Waals surface area contributed by atoms with Gasteiger partial charge in [-0.15, -0.1) is 0 Å². The Kier molecular flexibility index (Phi) is 6.23. The first kappa shape index (κ1) is 18.6. The summed E-state index contributed by atoms with van der Waals surface area (Å²) < 4.78 is 5.74. The summed E-state index contributed by atoms with van der Waals surface area (Å²) in [5.41, 5.74) is 2.87. The number of carbonyl (C=O) groups is 1. The first-order chi connectivity index (χ1) is 12.0. The SMILES string of the molecule is CCOc1c(C=CC(=O)c2ccc(O)cc2)cc(CC)c(O)c1CC. The lowest BCUT2D eigenvalue weighted by molar-refractivity contribution is 0.104. The van der Waals surface area contributed by atoms with Gasteiger partial charge < -0.3 is 14.9 Å². The molecule has 0 aromatic heterocycles. The molecule has 0 saturated carbocycles. The van der Waals surface area contributed by atoms with Crippen molar-refractivity contribution in [3.63, 3.8) is 0 Å². The van der Waals surface area contributed by atoms with Crippen LogP contribution in [0.25, 0.3) is 6.08 Å². The van der Waals surface area contributed by atoms with Crippen LogP contribution in [0.3, 0.4) is 0 Å². The largest absolute Gasteiger partial charge is 0.508 e.